The minimum atomic E-state index is -0.395. The number of hydrogen-bond donors (Lipinski definition) is 2. The van der Waals surface area contributed by atoms with Crippen LogP contribution in [0.5, 0.6) is 0 Å². The summed E-state index contributed by atoms with van der Waals surface area (Å²) in [5.41, 5.74) is 2.77. The molecule has 2 atom stereocenters. The second-order valence-corrected chi connectivity index (χ2v) is 8.33. The number of halogens is 2. The van der Waals surface area contributed by atoms with Gasteiger partial charge in [-0.2, -0.15) is 0 Å². The molecular formula is C18H18Cl2N2OS. The van der Waals surface area contributed by atoms with Gasteiger partial charge in [-0.3, -0.25) is 4.79 Å². The van der Waals surface area contributed by atoms with Crippen LogP contribution < -0.4 is 10.6 Å². The summed E-state index contributed by atoms with van der Waals surface area (Å²) in [6.07, 6.45) is 4.04. The molecule has 0 unspecified atom stereocenters. The van der Waals surface area contributed by atoms with Crippen LogP contribution in [-0.4, -0.2) is 5.91 Å². The van der Waals surface area contributed by atoms with Crippen molar-refractivity contribution in [2.24, 2.45) is 5.92 Å². The van der Waals surface area contributed by atoms with E-state index in [-0.39, 0.29) is 5.91 Å². The Balaban J connectivity index is 1.71. The van der Waals surface area contributed by atoms with Crippen LogP contribution in [0.4, 0.5) is 5.00 Å². The van der Waals surface area contributed by atoms with E-state index in [0.717, 1.165) is 34.9 Å². The Morgan fingerprint density at radius 1 is 1.25 bits per heavy atom. The molecule has 0 saturated carbocycles. The molecule has 1 aromatic carbocycles. The SMILES string of the molecule is CC[C@H]1CCc2c(sc3c2C(=O)N[C@@H](c2c(Cl)cccc2Cl)N3)C1. The lowest BCUT2D eigenvalue weighted by Crippen LogP contribution is -2.38. The second kappa shape index (κ2) is 6.25. The molecule has 3 nitrogen and oxygen atoms in total. The van der Waals surface area contributed by atoms with Crippen LogP contribution in [0.2, 0.25) is 10.0 Å². The van der Waals surface area contributed by atoms with Crippen LogP contribution in [-0.2, 0) is 12.8 Å². The van der Waals surface area contributed by atoms with E-state index in [1.54, 1.807) is 29.5 Å². The predicted octanol–water partition coefficient (Wildman–Crippen LogP) is 5.42. The quantitative estimate of drug-likeness (QED) is 0.729. The zero-order valence-corrected chi connectivity index (χ0v) is 15.6. The Kier molecular flexibility index (Phi) is 4.23. The highest BCUT2D eigenvalue weighted by molar-refractivity contribution is 7.16. The molecule has 0 spiro atoms. The Hall–Kier alpha value is -1.23. The molecule has 0 radical (unpaired) electrons. The number of hydrogen-bond acceptors (Lipinski definition) is 3. The van der Waals surface area contributed by atoms with Crippen molar-refractivity contribution in [2.75, 3.05) is 5.32 Å². The number of rotatable bonds is 2. The number of carbonyl (C=O) groups is 1. The number of nitrogens with one attached hydrogen (secondary N) is 2. The van der Waals surface area contributed by atoms with E-state index in [1.807, 2.05) is 0 Å². The van der Waals surface area contributed by atoms with E-state index in [4.69, 9.17) is 23.2 Å². The molecule has 0 saturated heterocycles. The molecule has 126 valence electrons. The summed E-state index contributed by atoms with van der Waals surface area (Å²) in [5, 5.41) is 8.50. The highest BCUT2D eigenvalue weighted by Gasteiger charge is 2.34. The third kappa shape index (κ3) is 2.61. The number of fused-ring (bicyclic) bond motifs is 3. The molecule has 1 amide bonds. The molecule has 2 aliphatic rings. The molecule has 2 heterocycles. The molecule has 0 fully saturated rings. The van der Waals surface area contributed by atoms with E-state index in [9.17, 15) is 4.79 Å². The van der Waals surface area contributed by atoms with E-state index >= 15 is 0 Å². The van der Waals surface area contributed by atoms with Crippen molar-refractivity contribution < 1.29 is 4.79 Å². The molecule has 6 heteroatoms. The maximum atomic E-state index is 12.7. The average molecular weight is 381 g/mol. The summed E-state index contributed by atoms with van der Waals surface area (Å²) in [5.74, 6) is 0.701. The van der Waals surface area contributed by atoms with Gasteiger partial charge in [0.1, 0.15) is 11.2 Å². The van der Waals surface area contributed by atoms with E-state index in [0.29, 0.717) is 10.0 Å². The van der Waals surface area contributed by atoms with Crippen molar-refractivity contribution in [1.29, 1.82) is 0 Å². The minimum absolute atomic E-state index is 0.0304. The fraction of sp³-hybridized carbons (Fsp3) is 0.389. The van der Waals surface area contributed by atoms with Gasteiger partial charge in [-0.05, 0) is 42.9 Å². The lowest BCUT2D eigenvalue weighted by Gasteiger charge is -2.28. The molecule has 0 bridgehead atoms. The molecule has 1 aliphatic carbocycles. The smallest absolute Gasteiger partial charge is 0.256 e. The Morgan fingerprint density at radius 2 is 2.00 bits per heavy atom. The summed E-state index contributed by atoms with van der Waals surface area (Å²) in [4.78, 5) is 14.1. The summed E-state index contributed by atoms with van der Waals surface area (Å²) >= 11 is 14.3. The largest absolute Gasteiger partial charge is 0.353 e. The molecule has 1 aliphatic heterocycles. The van der Waals surface area contributed by atoms with Crippen LogP contribution in [0, 0.1) is 5.92 Å². The topological polar surface area (TPSA) is 41.1 Å². The van der Waals surface area contributed by atoms with E-state index in [2.05, 4.69) is 17.6 Å². The number of thiophene rings is 1. The van der Waals surface area contributed by atoms with Crippen molar-refractivity contribution in [2.45, 2.75) is 38.8 Å². The molecular weight excluding hydrogens is 363 g/mol. The first-order valence-corrected chi connectivity index (χ1v) is 9.81. The second-order valence-electron chi connectivity index (χ2n) is 6.41. The number of amides is 1. The van der Waals surface area contributed by atoms with Gasteiger partial charge in [0, 0.05) is 20.5 Å². The summed E-state index contributed by atoms with van der Waals surface area (Å²) < 4.78 is 0. The van der Waals surface area contributed by atoms with Gasteiger partial charge in [0.15, 0.2) is 0 Å². The van der Waals surface area contributed by atoms with Gasteiger partial charge in [-0.15, -0.1) is 11.3 Å². The third-order valence-electron chi connectivity index (χ3n) is 5.01. The van der Waals surface area contributed by atoms with Crippen molar-refractivity contribution in [3.63, 3.8) is 0 Å². The van der Waals surface area contributed by atoms with E-state index in [1.165, 1.54) is 23.3 Å². The van der Waals surface area contributed by atoms with Crippen LogP contribution >= 0.6 is 34.5 Å². The van der Waals surface area contributed by atoms with Gasteiger partial charge < -0.3 is 10.6 Å². The maximum absolute atomic E-state index is 12.7. The van der Waals surface area contributed by atoms with Crippen molar-refractivity contribution in [3.8, 4) is 0 Å². The predicted molar refractivity (Wildman–Crippen MR) is 100 cm³/mol. The first-order chi connectivity index (χ1) is 11.6. The zero-order chi connectivity index (χ0) is 16.8. The fourth-order valence-corrected chi connectivity index (χ4v) is 5.65. The fourth-order valence-electron chi connectivity index (χ4n) is 3.65. The van der Waals surface area contributed by atoms with Gasteiger partial charge in [0.25, 0.3) is 5.91 Å². The average Bonchev–Trinajstić information content (AvgIpc) is 2.92. The van der Waals surface area contributed by atoms with Crippen LogP contribution in [0.1, 0.15) is 52.3 Å². The molecule has 4 rings (SSSR count). The number of anilines is 1. The number of carbonyl (C=O) groups excluding carboxylic acids is 1. The Labute approximate surface area is 155 Å². The van der Waals surface area contributed by atoms with Gasteiger partial charge in [0.2, 0.25) is 0 Å². The highest BCUT2D eigenvalue weighted by atomic mass is 35.5. The first-order valence-electron chi connectivity index (χ1n) is 8.24. The number of benzene rings is 1. The normalized spacial score (nSPS) is 22.4. The molecule has 1 aromatic heterocycles. The molecule has 2 N–H and O–H groups in total. The standard InChI is InChI=1S/C18H18Cl2N2OS/c1-2-9-6-7-10-13(8-9)24-18-14(10)17(23)21-16(22-18)15-11(19)4-3-5-12(15)20/h3-5,9,16,22H,2,6-8H2,1H3,(H,21,23)/t9-,16+/m0/s1. The van der Waals surface area contributed by atoms with Crippen LogP contribution in [0.25, 0.3) is 0 Å². The Bertz CT molecular complexity index is 797. The zero-order valence-electron chi connectivity index (χ0n) is 13.3. The lowest BCUT2D eigenvalue weighted by atomic mass is 9.85. The summed E-state index contributed by atoms with van der Waals surface area (Å²) in [7, 11) is 0. The van der Waals surface area contributed by atoms with Gasteiger partial charge >= 0.3 is 0 Å². The highest BCUT2D eigenvalue weighted by Crippen LogP contribution is 2.44. The van der Waals surface area contributed by atoms with Gasteiger partial charge in [-0.1, -0.05) is 42.6 Å². The third-order valence-corrected chi connectivity index (χ3v) is 6.86. The Morgan fingerprint density at radius 3 is 2.71 bits per heavy atom. The van der Waals surface area contributed by atoms with Gasteiger partial charge in [-0.25, -0.2) is 0 Å². The van der Waals surface area contributed by atoms with Crippen molar-refractivity contribution in [3.05, 3.63) is 49.8 Å². The van der Waals surface area contributed by atoms with Gasteiger partial charge in [0.05, 0.1) is 5.56 Å². The van der Waals surface area contributed by atoms with Crippen molar-refractivity contribution >= 4 is 45.4 Å². The minimum Gasteiger partial charge on any atom is -0.353 e. The monoisotopic (exact) mass is 380 g/mol. The van der Waals surface area contributed by atoms with Crippen LogP contribution in [0.3, 0.4) is 0 Å². The summed E-state index contributed by atoms with van der Waals surface area (Å²) in [6.45, 7) is 2.24. The lowest BCUT2D eigenvalue weighted by molar-refractivity contribution is 0.0935. The van der Waals surface area contributed by atoms with E-state index < -0.39 is 6.17 Å². The molecule has 2 aromatic rings. The van der Waals surface area contributed by atoms with Crippen LogP contribution in [0.15, 0.2) is 18.2 Å². The molecule has 24 heavy (non-hydrogen) atoms. The summed E-state index contributed by atoms with van der Waals surface area (Å²) in [6, 6.07) is 5.38. The van der Waals surface area contributed by atoms with Crippen molar-refractivity contribution in [1.82, 2.24) is 5.32 Å². The first kappa shape index (κ1) is 16.2. The maximum Gasteiger partial charge on any atom is 0.256 e.